The van der Waals surface area contributed by atoms with E-state index in [1.54, 1.807) is 66.7 Å². The molecule has 0 radical (unpaired) electrons. The number of hydrazone groups is 1. The lowest BCUT2D eigenvalue weighted by Gasteiger charge is -2.10. The van der Waals surface area contributed by atoms with E-state index in [4.69, 9.17) is 25.8 Å². The summed E-state index contributed by atoms with van der Waals surface area (Å²) in [4.78, 5) is 24.9. The van der Waals surface area contributed by atoms with Crippen LogP contribution in [0.1, 0.15) is 26.3 Å². The van der Waals surface area contributed by atoms with Crippen LogP contribution in [0.15, 0.2) is 82.9 Å². The Bertz CT molecular complexity index is 1230. The van der Waals surface area contributed by atoms with Crippen LogP contribution in [-0.2, 0) is 0 Å². The maximum Gasteiger partial charge on any atom is 0.343 e. The summed E-state index contributed by atoms with van der Waals surface area (Å²) in [6, 6.07) is 16.3. The van der Waals surface area contributed by atoms with Gasteiger partial charge in [-0.15, -0.1) is 0 Å². The van der Waals surface area contributed by atoms with E-state index in [0.717, 1.165) is 4.47 Å². The summed E-state index contributed by atoms with van der Waals surface area (Å²) >= 11 is 9.20. The number of hydrogen-bond donors (Lipinski definition) is 1. The van der Waals surface area contributed by atoms with Gasteiger partial charge < -0.3 is 14.2 Å². The predicted molar refractivity (Wildman–Crippen MR) is 134 cm³/mol. The Morgan fingerprint density at radius 1 is 1.06 bits per heavy atom. The first-order chi connectivity index (χ1) is 16.4. The smallest absolute Gasteiger partial charge is 0.343 e. The Labute approximate surface area is 210 Å². The molecule has 0 atom stereocenters. The lowest BCUT2D eigenvalue weighted by Crippen LogP contribution is -2.19. The number of esters is 1. The lowest BCUT2D eigenvalue weighted by atomic mass is 10.2. The van der Waals surface area contributed by atoms with Gasteiger partial charge in [0.15, 0.2) is 11.5 Å². The van der Waals surface area contributed by atoms with Crippen molar-refractivity contribution < 1.29 is 23.8 Å². The molecule has 3 aromatic rings. The second-order valence-electron chi connectivity index (χ2n) is 6.75. The topological polar surface area (TPSA) is 86.2 Å². The van der Waals surface area contributed by atoms with Crippen LogP contribution < -0.4 is 19.6 Å². The summed E-state index contributed by atoms with van der Waals surface area (Å²) in [7, 11) is 1.45. The molecule has 7 nitrogen and oxygen atoms in total. The molecule has 0 unspecified atom stereocenters. The maximum absolute atomic E-state index is 12.6. The van der Waals surface area contributed by atoms with Gasteiger partial charge in [-0.3, -0.25) is 4.79 Å². The van der Waals surface area contributed by atoms with Gasteiger partial charge in [0, 0.05) is 9.50 Å². The molecule has 0 aromatic heterocycles. The van der Waals surface area contributed by atoms with E-state index in [2.05, 4.69) is 33.0 Å². The molecule has 1 amide bonds. The third-order valence-corrected chi connectivity index (χ3v) is 5.14. The number of carbonyl (C=O) groups is 2. The zero-order valence-electron chi connectivity index (χ0n) is 18.1. The molecule has 0 aliphatic carbocycles. The van der Waals surface area contributed by atoms with Crippen LogP contribution in [-0.4, -0.2) is 31.8 Å². The first-order valence-corrected chi connectivity index (χ1v) is 11.1. The Kier molecular flexibility index (Phi) is 8.84. The van der Waals surface area contributed by atoms with Gasteiger partial charge in [-0.25, -0.2) is 10.2 Å². The standard InChI is InChI=1S/C25H20BrClN2O5/c1-3-12-33-21-11-7-18(26)14-20(21)24(30)29-28-15-16-4-10-22(23(13-16)32-2)34-25(31)17-5-8-19(27)9-6-17/h3-11,13-15H,1,12H2,2H3,(H,29,30). The largest absolute Gasteiger partial charge is 0.493 e. The number of methoxy groups -OCH3 is 1. The van der Waals surface area contributed by atoms with Crippen molar-refractivity contribution in [2.75, 3.05) is 13.7 Å². The fraction of sp³-hybridized carbons (Fsp3) is 0.0800. The summed E-state index contributed by atoms with van der Waals surface area (Å²) < 4.78 is 17.0. The van der Waals surface area contributed by atoms with E-state index in [-0.39, 0.29) is 12.4 Å². The van der Waals surface area contributed by atoms with Gasteiger partial charge in [0.05, 0.1) is 24.5 Å². The third-order valence-electron chi connectivity index (χ3n) is 4.39. The van der Waals surface area contributed by atoms with Gasteiger partial charge in [-0.05, 0) is 66.2 Å². The van der Waals surface area contributed by atoms with E-state index < -0.39 is 11.9 Å². The Morgan fingerprint density at radius 2 is 1.79 bits per heavy atom. The highest BCUT2D eigenvalue weighted by atomic mass is 79.9. The van der Waals surface area contributed by atoms with E-state index in [1.165, 1.54) is 13.3 Å². The van der Waals surface area contributed by atoms with Crippen LogP contribution in [0.25, 0.3) is 0 Å². The highest BCUT2D eigenvalue weighted by Gasteiger charge is 2.14. The van der Waals surface area contributed by atoms with E-state index in [9.17, 15) is 9.59 Å². The monoisotopic (exact) mass is 542 g/mol. The summed E-state index contributed by atoms with van der Waals surface area (Å²) in [6.45, 7) is 3.87. The first-order valence-electron chi connectivity index (χ1n) is 9.93. The number of carbonyl (C=O) groups excluding carboxylic acids is 2. The molecular formula is C25H20BrClN2O5. The van der Waals surface area contributed by atoms with Gasteiger partial charge >= 0.3 is 5.97 Å². The molecule has 3 rings (SSSR count). The summed E-state index contributed by atoms with van der Waals surface area (Å²) in [5, 5.41) is 4.52. The molecule has 0 saturated heterocycles. The molecule has 1 N–H and O–H groups in total. The Hall–Kier alpha value is -3.62. The van der Waals surface area contributed by atoms with Crippen molar-refractivity contribution in [2.24, 2.45) is 5.10 Å². The maximum atomic E-state index is 12.6. The van der Waals surface area contributed by atoms with E-state index in [1.807, 2.05) is 0 Å². The molecule has 3 aromatic carbocycles. The highest BCUT2D eigenvalue weighted by molar-refractivity contribution is 9.10. The SMILES string of the molecule is C=CCOc1ccc(Br)cc1C(=O)NN=Cc1ccc(OC(=O)c2ccc(Cl)cc2)c(OC)c1. The van der Waals surface area contributed by atoms with Crippen LogP contribution in [0.4, 0.5) is 0 Å². The number of ether oxygens (including phenoxy) is 3. The van der Waals surface area contributed by atoms with Crippen molar-refractivity contribution >= 4 is 45.6 Å². The van der Waals surface area contributed by atoms with Crippen molar-refractivity contribution in [3.8, 4) is 17.2 Å². The van der Waals surface area contributed by atoms with Crippen LogP contribution in [0, 0.1) is 0 Å². The molecule has 0 aliphatic heterocycles. The second-order valence-corrected chi connectivity index (χ2v) is 8.10. The third kappa shape index (κ3) is 6.69. The van der Waals surface area contributed by atoms with Gasteiger partial charge in [-0.2, -0.15) is 5.10 Å². The molecule has 0 spiro atoms. The number of nitrogens with zero attached hydrogens (tertiary/aromatic N) is 1. The van der Waals surface area contributed by atoms with Crippen molar-refractivity contribution in [3.63, 3.8) is 0 Å². The predicted octanol–water partition coefficient (Wildman–Crippen LogP) is 5.66. The van der Waals surface area contributed by atoms with Crippen LogP contribution >= 0.6 is 27.5 Å². The minimum atomic E-state index is -0.549. The molecule has 34 heavy (non-hydrogen) atoms. The molecule has 0 bridgehead atoms. The fourth-order valence-electron chi connectivity index (χ4n) is 2.77. The Morgan fingerprint density at radius 3 is 2.50 bits per heavy atom. The van der Waals surface area contributed by atoms with Crippen LogP contribution in [0.3, 0.4) is 0 Å². The molecule has 0 fully saturated rings. The number of benzene rings is 3. The Balaban J connectivity index is 1.69. The van der Waals surface area contributed by atoms with E-state index in [0.29, 0.717) is 33.2 Å². The van der Waals surface area contributed by atoms with Crippen LogP contribution in [0.5, 0.6) is 17.2 Å². The molecule has 0 aliphatic rings. The first kappa shape index (κ1) is 25.0. The quantitative estimate of drug-likeness (QED) is 0.124. The molecule has 0 heterocycles. The molecule has 9 heteroatoms. The summed E-state index contributed by atoms with van der Waals surface area (Å²) in [6.07, 6.45) is 3.03. The normalized spacial score (nSPS) is 10.6. The zero-order valence-corrected chi connectivity index (χ0v) is 20.4. The van der Waals surface area contributed by atoms with E-state index >= 15 is 0 Å². The molecule has 0 saturated carbocycles. The second kappa shape index (κ2) is 12.0. The zero-order chi connectivity index (χ0) is 24.5. The number of rotatable bonds is 9. The minimum absolute atomic E-state index is 0.238. The number of hydrogen-bond acceptors (Lipinski definition) is 6. The average molecular weight is 544 g/mol. The van der Waals surface area contributed by atoms with Crippen molar-refractivity contribution in [1.29, 1.82) is 0 Å². The van der Waals surface area contributed by atoms with Gasteiger partial charge in [0.2, 0.25) is 0 Å². The van der Waals surface area contributed by atoms with Gasteiger partial charge in [0.1, 0.15) is 12.4 Å². The van der Waals surface area contributed by atoms with Crippen molar-refractivity contribution in [1.82, 2.24) is 5.43 Å². The fourth-order valence-corrected chi connectivity index (χ4v) is 3.26. The average Bonchev–Trinajstić information content (AvgIpc) is 2.84. The summed E-state index contributed by atoms with van der Waals surface area (Å²) in [5.41, 5.74) is 3.75. The number of halogens is 2. The number of amides is 1. The van der Waals surface area contributed by atoms with Crippen molar-refractivity contribution in [2.45, 2.75) is 0 Å². The highest BCUT2D eigenvalue weighted by Crippen LogP contribution is 2.28. The van der Waals surface area contributed by atoms with Crippen LogP contribution in [0.2, 0.25) is 5.02 Å². The lowest BCUT2D eigenvalue weighted by molar-refractivity contribution is 0.0729. The molecular weight excluding hydrogens is 524 g/mol. The van der Waals surface area contributed by atoms with Gasteiger partial charge in [0.25, 0.3) is 5.91 Å². The number of nitrogens with one attached hydrogen (secondary N) is 1. The van der Waals surface area contributed by atoms with Gasteiger partial charge in [-0.1, -0.05) is 40.2 Å². The minimum Gasteiger partial charge on any atom is -0.493 e. The summed E-state index contributed by atoms with van der Waals surface area (Å²) in [5.74, 6) is -0.0277. The molecule has 174 valence electrons. The van der Waals surface area contributed by atoms with Crippen molar-refractivity contribution in [3.05, 3.63) is 99.5 Å².